The largest absolute Gasteiger partial charge is 0.460 e. The van der Waals surface area contributed by atoms with Crippen LogP contribution in [0.1, 0.15) is 16.9 Å². The Morgan fingerprint density at radius 1 is 1.46 bits per heavy atom. The number of hydrogen-bond donors (Lipinski definition) is 0. The topological polar surface area (TPSA) is 36.9 Å². The SMILES string of the molecule is Cc1oc2c(C#N)cc[c]c2c1C. The van der Waals surface area contributed by atoms with Gasteiger partial charge in [-0.1, -0.05) is 6.07 Å². The van der Waals surface area contributed by atoms with Crippen molar-refractivity contribution in [3.63, 3.8) is 0 Å². The van der Waals surface area contributed by atoms with Gasteiger partial charge in [0.15, 0.2) is 5.58 Å². The van der Waals surface area contributed by atoms with Crippen molar-refractivity contribution >= 4 is 11.0 Å². The minimum absolute atomic E-state index is 0.574. The molecule has 63 valence electrons. The van der Waals surface area contributed by atoms with E-state index in [9.17, 15) is 0 Å². The van der Waals surface area contributed by atoms with Gasteiger partial charge in [-0.15, -0.1) is 0 Å². The van der Waals surface area contributed by atoms with E-state index < -0.39 is 0 Å². The van der Waals surface area contributed by atoms with Gasteiger partial charge in [-0.2, -0.15) is 5.26 Å². The third-order valence-electron chi connectivity index (χ3n) is 2.23. The maximum absolute atomic E-state index is 8.81. The average molecular weight is 170 g/mol. The smallest absolute Gasteiger partial charge is 0.152 e. The van der Waals surface area contributed by atoms with Gasteiger partial charge in [0.2, 0.25) is 0 Å². The molecule has 1 heterocycles. The van der Waals surface area contributed by atoms with Crippen molar-refractivity contribution in [2.24, 2.45) is 0 Å². The van der Waals surface area contributed by atoms with E-state index in [4.69, 9.17) is 9.68 Å². The van der Waals surface area contributed by atoms with Crippen LogP contribution < -0.4 is 0 Å². The lowest BCUT2D eigenvalue weighted by molar-refractivity contribution is 0.574. The average Bonchev–Trinajstić information content (AvgIpc) is 2.43. The van der Waals surface area contributed by atoms with Crippen LogP contribution in [-0.4, -0.2) is 0 Å². The molecule has 0 aliphatic rings. The predicted octanol–water partition coefficient (Wildman–Crippen LogP) is 2.72. The van der Waals surface area contributed by atoms with Crippen LogP contribution in [0.3, 0.4) is 0 Å². The number of benzene rings is 1. The highest BCUT2D eigenvalue weighted by molar-refractivity contribution is 5.85. The summed E-state index contributed by atoms with van der Waals surface area (Å²) in [4.78, 5) is 0. The maximum Gasteiger partial charge on any atom is 0.152 e. The van der Waals surface area contributed by atoms with E-state index in [1.165, 1.54) is 0 Å². The fourth-order valence-electron chi connectivity index (χ4n) is 1.36. The molecule has 2 aromatic rings. The van der Waals surface area contributed by atoms with E-state index in [1.807, 2.05) is 13.8 Å². The summed E-state index contributed by atoms with van der Waals surface area (Å²) in [5, 5.41) is 9.73. The highest BCUT2D eigenvalue weighted by atomic mass is 16.3. The molecule has 1 aromatic carbocycles. The van der Waals surface area contributed by atoms with Gasteiger partial charge in [0.05, 0.1) is 5.56 Å². The normalized spacial score (nSPS) is 10.2. The van der Waals surface area contributed by atoms with Gasteiger partial charge in [0.25, 0.3) is 0 Å². The van der Waals surface area contributed by atoms with Gasteiger partial charge in [0.1, 0.15) is 11.8 Å². The van der Waals surface area contributed by atoms with Crippen LogP contribution in [0.4, 0.5) is 0 Å². The van der Waals surface area contributed by atoms with Crippen LogP contribution in [0.2, 0.25) is 0 Å². The molecule has 1 radical (unpaired) electrons. The van der Waals surface area contributed by atoms with Crippen LogP contribution in [0, 0.1) is 31.2 Å². The summed E-state index contributed by atoms with van der Waals surface area (Å²) in [7, 11) is 0. The molecule has 0 saturated heterocycles. The minimum atomic E-state index is 0.574. The summed E-state index contributed by atoms with van der Waals surface area (Å²) in [6, 6.07) is 8.63. The molecule has 0 spiro atoms. The van der Waals surface area contributed by atoms with Crippen LogP contribution in [0.15, 0.2) is 16.5 Å². The fourth-order valence-corrected chi connectivity index (χ4v) is 1.36. The number of aryl methyl sites for hydroxylation is 2. The Morgan fingerprint density at radius 3 is 2.92 bits per heavy atom. The molecular weight excluding hydrogens is 162 g/mol. The Kier molecular flexibility index (Phi) is 1.60. The molecule has 2 heteroatoms. The lowest BCUT2D eigenvalue weighted by atomic mass is 10.1. The molecule has 0 amide bonds. The highest BCUT2D eigenvalue weighted by Crippen LogP contribution is 2.26. The second-order valence-electron chi connectivity index (χ2n) is 2.99. The van der Waals surface area contributed by atoms with Crippen LogP contribution in [0.5, 0.6) is 0 Å². The summed E-state index contributed by atoms with van der Waals surface area (Å²) in [6.07, 6.45) is 0. The van der Waals surface area contributed by atoms with Crippen molar-refractivity contribution in [1.82, 2.24) is 0 Å². The predicted molar refractivity (Wildman–Crippen MR) is 49.2 cm³/mol. The molecule has 0 N–H and O–H groups in total. The summed E-state index contributed by atoms with van der Waals surface area (Å²) in [5.41, 5.74) is 2.29. The van der Waals surface area contributed by atoms with Crippen molar-refractivity contribution in [2.45, 2.75) is 13.8 Å². The lowest BCUT2D eigenvalue weighted by Gasteiger charge is -1.89. The van der Waals surface area contributed by atoms with E-state index in [-0.39, 0.29) is 0 Å². The van der Waals surface area contributed by atoms with Gasteiger partial charge in [-0.05, 0) is 31.5 Å². The molecule has 13 heavy (non-hydrogen) atoms. The number of hydrogen-bond acceptors (Lipinski definition) is 2. The number of nitriles is 1. The van der Waals surface area contributed by atoms with Crippen molar-refractivity contribution in [2.75, 3.05) is 0 Å². The Hall–Kier alpha value is -1.75. The minimum Gasteiger partial charge on any atom is -0.460 e. The van der Waals surface area contributed by atoms with Crippen molar-refractivity contribution in [1.29, 1.82) is 5.26 Å². The zero-order valence-corrected chi connectivity index (χ0v) is 7.51. The number of rotatable bonds is 0. The van der Waals surface area contributed by atoms with Gasteiger partial charge >= 0.3 is 0 Å². The van der Waals surface area contributed by atoms with Crippen molar-refractivity contribution in [3.8, 4) is 6.07 Å². The summed E-state index contributed by atoms with van der Waals surface area (Å²) in [6.45, 7) is 3.86. The number of nitrogens with zero attached hydrogens (tertiary/aromatic N) is 1. The second kappa shape index (κ2) is 2.63. The molecule has 0 atom stereocenters. The van der Waals surface area contributed by atoms with E-state index in [0.717, 1.165) is 16.7 Å². The monoisotopic (exact) mass is 170 g/mol. The Morgan fingerprint density at radius 2 is 2.23 bits per heavy atom. The summed E-state index contributed by atoms with van der Waals surface area (Å²) in [5.74, 6) is 0.856. The van der Waals surface area contributed by atoms with Gasteiger partial charge < -0.3 is 4.42 Å². The first-order valence-electron chi connectivity index (χ1n) is 4.04. The molecule has 0 bridgehead atoms. The maximum atomic E-state index is 8.81. The van der Waals surface area contributed by atoms with Crippen LogP contribution in [0.25, 0.3) is 11.0 Å². The first-order chi connectivity index (χ1) is 6.24. The third kappa shape index (κ3) is 1.01. The molecular formula is C11H8NO. The first-order valence-corrected chi connectivity index (χ1v) is 4.04. The van der Waals surface area contributed by atoms with Gasteiger partial charge in [-0.3, -0.25) is 0 Å². The Labute approximate surface area is 76.4 Å². The molecule has 0 fully saturated rings. The highest BCUT2D eigenvalue weighted by Gasteiger charge is 2.09. The van der Waals surface area contributed by atoms with Gasteiger partial charge in [-0.25, -0.2) is 0 Å². The third-order valence-corrected chi connectivity index (χ3v) is 2.23. The molecule has 2 nitrogen and oxygen atoms in total. The standard InChI is InChI=1S/C11H8NO/c1-7-8(2)13-11-9(6-12)4-3-5-10(7)11/h3-4H,1-2H3. The first kappa shape index (κ1) is 7.88. The number of fused-ring (bicyclic) bond motifs is 1. The molecule has 0 unspecified atom stereocenters. The van der Waals surface area contributed by atoms with Crippen LogP contribution in [-0.2, 0) is 0 Å². The van der Waals surface area contributed by atoms with Crippen molar-refractivity contribution < 1.29 is 4.42 Å². The zero-order chi connectivity index (χ0) is 9.42. The zero-order valence-electron chi connectivity index (χ0n) is 7.51. The van der Waals surface area contributed by atoms with Crippen LogP contribution >= 0.6 is 0 Å². The van der Waals surface area contributed by atoms with E-state index in [0.29, 0.717) is 11.1 Å². The number of furan rings is 1. The summed E-state index contributed by atoms with van der Waals surface area (Å²) < 4.78 is 5.47. The molecule has 2 rings (SSSR count). The quantitative estimate of drug-likeness (QED) is 0.609. The molecule has 0 aliphatic heterocycles. The van der Waals surface area contributed by atoms with E-state index >= 15 is 0 Å². The second-order valence-corrected chi connectivity index (χ2v) is 2.99. The molecule has 0 aliphatic carbocycles. The van der Waals surface area contributed by atoms with Gasteiger partial charge in [0, 0.05) is 5.39 Å². The Balaban J connectivity index is 2.95. The van der Waals surface area contributed by atoms with Crippen molar-refractivity contribution in [3.05, 3.63) is 35.1 Å². The lowest BCUT2D eigenvalue weighted by Crippen LogP contribution is -1.75. The van der Waals surface area contributed by atoms with E-state index in [1.54, 1.807) is 12.1 Å². The van der Waals surface area contributed by atoms with E-state index in [2.05, 4.69) is 12.1 Å². The molecule has 1 aromatic heterocycles. The fraction of sp³-hybridized carbons (Fsp3) is 0.182. The Bertz CT molecular complexity index is 503. The molecule has 0 saturated carbocycles. The summed E-state index contributed by atoms with van der Waals surface area (Å²) >= 11 is 0.